The molecular formula is C11H11NO3S. The van der Waals surface area contributed by atoms with Gasteiger partial charge in [0.15, 0.2) is 0 Å². The van der Waals surface area contributed by atoms with E-state index in [1.807, 2.05) is 19.9 Å². The van der Waals surface area contributed by atoms with Gasteiger partial charge in [0.2, 0.25) is 0 Å². The van der Waals surface area contributed by atoms with E-state index in [-0.39, 0.29) is 4.88 Å². The summed E-state index contributed by atoms with van der Waals surface area (Å²) in [6.45, 7) is 3.70. The summed E-state index contributed by atoms with van der Waals surface area (Å²) < 4.78 is 5.40. The molecule has 2 heterocycles. The first-order valence-corrected chi connectivity index (χ1v) is 5.50. The van der Waals surface area contributed by atoms with Gasteiger partial charge in [-0.2, -0.15) is 0 Å². The normalized spacial score (nSPS) is 10.6. The van der Waals surface area contributed by atoms with Crippen LogP contribution in [0.3, 0.4) is 0 Å². The maximum Gasteiger partial charge on any atom is 0.348 e. The summed E-state index contributed by atoms with van der Waals surface area (Å²) in [7, 11) is 0. The number of anilines is 1. The summed E-state index contributed by atoms with van der Waals surface area (Å²) in [6.07, 6.45) is 0. The third kappa shape index (κ3) is 1.69. The van der Waals surface area contributed by atoms with Crippen LogP contribution in [0.4, 0.5) is 5.69 Å². The van der Waals surface area contributed by atoms with Gasteiger partial charge in [-0.1, -0.05) is 0 Å². The third-order valence-electron chi connectivity index (χ3n) is 2.26. The molecule has 0 aromatic carbocycles. The van der Waals surface area contributed by atoms with Crippen LogP contribution >= 0.6 is 11.3 Å². The van der Waals surface area contributed by atoms with Gasteiger partial charge in [0, 0.05) is 10.4 Å². The van der Waals surface area contributed by atoms with Crippen molar-refractivity contribution in [2.45, 2.75) is 13.8 Å². The van der Waals surface area contributed by atoms with Crippen molar-refractivity contribution in [1.29, 1.82) is 0 Å². The molecule has 2 aromatic heterocycles. The van der Waals surface area contributed by atoms with E-state index in [1.165, 1.54) is 0 Å². The number of rotatable bonds is 2. The maximum absolute atomic E-state index is 10.9. The number of carboxylic acids is 1. The van der Waals surface area contributed by atoms with E-state index in [2.05, 4.69) is 0 Å². The zero-order chi connectivity index (χ0) is 11.9. The lowest BCUT2D eigenvalue weighted by Crippen LogP contribution is -1.96. The number of furan rings is 1. The Bertz CT molecular complexity index is 554. The standard InChI is InChI=1S/C11H11NO3S/c1-5-3-7(6(2)15-5)9-4-8(12)10(16-9)11(13)14/h3-4H,12H2,1-2H3,(H,13,14). The van der Waals surface area contributed by atoms with Gasteiger partial charge in [0.05, 0.1) is 5.69 Å². The number of aryl methyl sites for hydroxylation is 2. The molecule has 0 fully saturated rings. The second-order valence-corrected chi connectivity index (χ2v) is 4.58. The van der Waals surface area contributed by atoms with E-state index in [0.717, 1.165) is 33.3 Å². The SMILES string of the molecule is Cc1cc(-c2cc(N)c(C(=O)O)s2)c(C)o1. The van der Waals surface area contributed by atoms with Crippen LogP contribution < -0.4 is 5.73 Å². The monoisotopic (exact) mass is 237 g/mol. The number of aromatic carboxylic acids is 1. The van der Waals surface area contributed by atoms with Crippen molar-refractivity contribution in [2.75, 3.05) is 5.73 Å². The maximum atomic E-state index is 10.9. The van der Waals surface area contributed by atoms with Gasteiger partial charge in [-0.25, -0.2) is 4.79 Å². The quantitative estimate of drug-likeness (QED) is 0.841. The Morgan fingerprint density at radius 2 is 2.12 bits per heavy atom. The fraction of sp³-hybridized carbons (Fsp3) is 0.182. The van der Waals surface area contributed by atoms with Crippen molar-refractivity contribution < 1.29 is 14.3 Å². The first-order valence-electron chi connectivity index (χ1n) is 4.69. The summed E-state index contributed by atoms with van der Waals surface area (Å²) in [4.78, 5) is 11.9. The fourth-order valence-electron chi connectivity index (χ4n) is 1.58. The predicted octanol–water partition coefficient (Wildman–Crippen LogP) is 2.91. The average Bonchev–Trinajstić information content (AvgIpc) is 2.69. The molecule has 0 aliphatic rings. The molecule has 5 heteroatoms. The van der Waals surface area contributed by atoms with Gasteiger partial charge < -0.3 is 15.3 Å². The van der Waals surface area contributed by atoms with Crippen LogP contribution in [0.25, 0.3) is 10.4 Å². The molecule has 0 unspecified atom stereocenters. The lowest BCUT2D eigenvalue weighted by atomic mass is 10.2. The molecule has 0 atom stereocenters. The average molecular weight is 237 g/mol. The van der Waals surface area contributed by atoms with Crippen molar-refractivity contribution in [3.63, 3.8) is 0 Å². The molecule has 2 aromatic rings. The topological polar surface area (TPSA) is 76.5 Å². The Labute approximate surface area is 96.3 Å². The van der Waals surface area contributed by atoms with Gasteiger partial charge in [-0.15, -0.1) is 11.3 Å². The number of hydrogen-bond donors (Lipinski definition) is 2. The zero-order valence-electron chi connectivity index (χ0n) is 8.90. The first kappa shape index (κ1) is 10.8. The van der Waals surface area contributed by atoms with E-state index >= 15 is 0 Å². The molecule has 0 saturated heterocycles. The molecule has 16 heavy (non-hydrogen) atoms. The largest absolute Gasteiger partial charge is 0.477 e. The minimum atomic E-state index is -0.994. The minimum absolute atomic E-state index is 0.174. The first-order chi connectivity index (χ1) is 7.49. The molecule has 0 amide bonds. The second kappa shape index (κ2) is 3.68. The molecular weight excluding hydrogens is 226 g/mol. The number of hydrogen-bond acceptors (Lipinski definition) is 4. The summed E-state index contributed by atoms with van der Waals surface area (Å²) in [5, 5.41) is 8.91. The van der Waals surface area contributed by atoms with E-state index in [9.17, 15) is 4.79 Å². The van der Waals surface area contributed by atoms with Gasteiger partial charge in [-0.05, 0) is 26.0 Å². The summed E-state index contributed by atoms with van der Waals surface area (Å²) in [5.74, 6) is 0.582. The van der Waals surface area contributed by atoms with Crippen LogP contribution in [-0.2, 0) is 0 Å². The second-order valence-electron chi connectivity index (χ2n) is 3.53. The summed E-state index contributed by atoms with van der Waals surface area (Å²) in [5.41, 5.74) is 6.84. The fourth-order valence-corrected chi connectivity index (χ4v) is 2.56. The van der Waals surface area contributed by atoms with Gasteiger partial charge >= 0.3 is 5.97 Å². The van der Waals surface area contributed by atoms with E-state index < -0.39 is 5.97 Å². The molecule has 0 aliphatic carbocycles. The molecule has 2 rings (SSSR count). The summed E-state index contributed by atoms with van der Waals surface area (Å²) >= 11 is 1.16. The number of carbonyl (C=O) groups is 1. The predicted molar refractivity (Wildman–Crippen MR) is 62.9 cm³/mol. The van der Waals surface area contributed by atoms with Gasteiger partial charge in [0.25, 0.3) is 0 Å². The van der Waals surface area contributed by atoms with Crippen molar-refractivity contribution in [2.24, 2.45) is 0 Å². The van der Waals surface area contributed by atoms with Crippen LogP contribution in [0.5, 0.6) is 0 Å². The van der Waals surface area contributed by atoms with Crippen LogP contribution in [-0.4, -0.2) is 11.1 Å². The van der Waals surface area contributed by atoms with Gasteiger partial charge in [0.1, 0.15) is 16.4 Å². The highest BCUT2D eigenvalue weighted by Gasteiger charge is 2.16. The van der Waals surface area contributed by atoms with Crippen molar-refractivity contribution in [3.8, 4) is 10.4 Å². The number of nitrogens with two attached hydrogens (primary N) is 1. The Morgan fingerprint density at radius 1 is 1.44 bits per heavy atom. The molecule has 0 bridgehead atoms. The van der Waals surface area contributed by atoms with Crippen LogP contribution in [0.2, 0.25) is 0 Å². The Kier molecular flexibility index (Phi) is 2.47. The van der Waals surface area contributed by atoms with E-state index in [4.69, 9.17) is 15.3 Å². The molecule has 84 valence electrons. The Hall–Kier alpha value is -1.75. The smallest absolute Gasteiger partial charge is 0.348 e. The lowest BCUT2D eigenvalue weighted by Gasteiger charge is -1.91. The van der Waals surface area contributed by atoms with Crippen molar-refractivity contribution >= 4 is 23.0 Å². The number of carboxylic acid groups (broad SMARTS) is 1. The molecule has 3 N–H and O–H groups in total. The number of thiophene rings is 1. The highest BCUT2D eigenvalue weighted by molar-refractivity contribution is 7.18. The lowest BCUT2D eigenvalue weighted by molar-refractivity contribution is 0.0703. The highest BCUT2D eigenvalue weighted by Crippen LogP contribution is 2.36. The van der Waals surface area contributed by atoms with E-state index in [1.54, 1.807) is 6.07 Å². The summed E-state index contributed by atoms with van der Waals surface area (Å²) in [6, 6.07) is 3.55. The zero-order valence-corrected chi connectivity index (χ0v) is 9.72. The highest BCUT2D eigenvalue weighted by atomic mass is 32.1. The Morgan fingerprint density at radius 3 is 2.56 bits per heavy atom. The molecule has 4 nitrogen and oxygen atoms in total. The van der Waals surface area contributed by atoms with Crippen molar-refractivity contribution in [1.82, 2.24) is 0 Å². The van der Waals surface area contributed by atoms with Crippen LogP contribution in [0.1, 0.15) is 21.2 Å². The van der Waals surface area contributed by atoms with Crippen molar-refractivity contribution in [3.05, 3.63) is 28.5 Å². The third-order valence-corrected chi connectivity index (χ3v) is 3.43. The molecule has 0 spiro atoms. The van der Waals surface area contributed by atoms with Gasteiger partial charge in [-0.3, -0.25) is 0 Å². The van der Waals surface area contributed by atoms with Crippen LogP contribution in [0.15, 0.2) is 16.5 Å². The Balaban J connectivity index is 2.53. The minimum Gasteiger partial charge on any atom is -0.477 e. The van der Waals surface area contributed by atoms with E-state index in [0.29, 0.717) is 5.69 Å². The molecule has 0 radical (unpaired) electrons. The van der Waals surface area contributed by atoms with Crippen LogP contribution in [0, 0.1) is 13.8 Å². The molecule has 0 saturated carbocycles. The molecule has 0 aliphatic heterocycles. The number of nitrogen functional groups attached to an aromatic ring is 1.